The second kappa shape index (κ2) is 12.4. The number of carbonyl (C=O) groups is 4. The number of anilines is 1. The number of aromatic nitrogens is 1. The van der Waals surface area contributed by atoms with Gasteiger partial charge in [-0.15, -0.1) is 0 Å². The molecule has 1 aliphatic heterocycles. The third-order valence-electron chi connectivity index (χ3n) is 6.38. The molecule has 1 aromatic heterocycles. The van der Waals surface area contributed by atoms with Gasteiger partial charge < -0.3 is 20.1 Å². The van der Waals surface area contributed by atoms with Crippen molar-refractivity contribution in [3.8, 4) is 0 Å². The van der Waals surface area contributed by atoms with E-state index >= 15 is 0 Å². The number of rotatable bonds is 10. The normalized spacial score (nSPS) is 15.2. The van der Waals surface area contributed by atoms with Crippen molar-refractivity contribution in [2.75, 3.05) is 38.6 Å². The van der Waals surface area contributed by atoms with Crippen molar-refractivity contribution in [2.24, 2.45) is 0 Å². The zero-order valence-corrected chi connectivity index (χ0v) is 22.9. The first-order valence-electron chi connectivity index (χ1n) is 12.3. The predicted molar refractivity (Wildman–Crippen MR) is 142 cm³/mol. The number of carbonyl (C=O) groups excluding carboxylic acids is 4. The van der Waals surface area contributed by atoms with Gasteiger partial charge in [0, 0.05) is 40.5 Å². The van der Waals surface area contributed by atoms with Crippen LogP contribution in [0.3, 0.4) is 0 Å². The Morgan fingerprint density at radius 1 is 1.13 bits per heavy atom. The van der Waals surface area contributed by atoms with E-state index in [1.807, 2.05) is 29.2 Å². The molecular weight excluding hydrogens is 512 g/mol. The number of hydrogen-bond donors (Lipinski definition) is 2. The summed E-state index contributed by atoms with van der Waals surface area (Å²) in [6.07, 6.45) is 0.678. The van der Waals surface area contributed by atoms with Crippen LogP contribution in [0.5, 0.6) is 0 Å². The average Bonchev–Trinajstić information content (AvgIpc) is 2.84. The van der Waals surface area contributed by atoms with Gasteiger partial charge in [-0.1, -0.05) is 49.7 Å². The van der Waals surface area contributed by atoms with Crippen molar-refractivity contribution >= 4 is 41.0 Å². The van der Waals surface area contributed by atoms with Crippen LogP contribution in [0.2, 0.25) is 5.15 Å². The van der Waals surface area contributed by atoms with Crippen LogP contribution in [0, 0.1) is 0 Å². The van der Waals surface area contributed by atoms with Gasteiger partial charge in [-0.2, -0.15) is 0 Å². The molecule has 0 saturated carbocycles. The maximum Gasteiger partial charge on any atom is 0.303 e. The molecule has 0 radical (unpaired) electrons. The molecule has 0 unspecified atom stereocenters. The molecule has 0 bridgehead atoms. The molecule has 1 aliphatic rings. The topological polar surface area (TPSA) is 127 Å². The number of hydrogen-bond acceptors (Lipinski definition) is 8. The van der Waals surface area contributed by atoms with Crippen LogP contribution in [0.15, 0.2) is 36.5 Å². The molecule has 1 saturated heterocycles. The van der Waals surface area contributed by atoms with Crippen molar-refractivity contribution in [2.45, 2.75) is 45.1 Å². The summed E-state index contributed by atoms with van der Waals surface area (Å²) in [5.41, 5.74) is 1.38. The maximum absolute atomic E-state index is 14.0. The largest absolute Gasteiger partial charge is 0.462 e. The van der Waals surface area contributed by atoms with Crippen molar-refractivity contribution in [3.05, 3.63) is 58.4 Å². The molecular formula is C27H33ClN4O6. The maximum atomic E-state index is 14.0. The minimum absolute atomic E-state index is 0.0842. The van der Waals surface area contributed by atoms with Crippen molar-refractivity contribution in [3.63, 3.8) is 0 Å². The summed E-state index contributed by atoms with van der Waals surface area (Å²) in [5.74, 6) is -1.53. The van der Waals surface area contributed by atoms with E-state index in [0.717, 1.165) is 11.1 Å². The van der Waals surface area contributed by atoms with E-state index in [2.05, 4.69) is 29.5 Å². The van der Waals surface area contributed by atoms with Crippen LogP contribution in [-0.2, 0) is 29.3 Å². The lowest BCUT2D eigenvalue weighted by atomic mass is 9.69. The molecule has 204 valence electrons. The Morgan fingerprint density at radius 2 is 1.82 bits per heavy atom. The zero-order chi connectivity index (χ0) is 28.0. The second-order valence-corrected chi connectivity index (χ2v) is 10.0. The number of halogens is 1. The summed E-state index contributed by atoms with van der Waals surface area (Å²) in [5, 5.41) is 5.58. The second-order valence-electron chi connectivity index (χ2n) is 9.61. The van der Waals surface area contributed by atoms with Gasteiger partial charge in [0.25, 0.3) is 5.91 Å². The Hall–Kier alpha value is -3.50. The summed E-state index contributed by atoms with van der Waals surface area (Å²) >= 11 is 6.01. The molecule has 3 rings (SSSR count). The highest BCUT2D eigenvalue weighted by atomic mass is 35.5. The number of nitrogens with zero attached hydrogens (tertiary/aromatic N) is 2. The van der Waals surface area contributed by atoms with Gasteiger partial charge in [-0.3, -0.25) is 24.1 Å². The molecule has 2 aromatic rings. The lowest BCUT2D eigenvalue weighted by Gasteiger charge is -2.50. The molecule has 0 aliphatic carbocycles. The molecule has 2 amide bonds. The lowest BCUT2D eigenvalue weighted by molar-refractivity contribution is -0.159. The van der Waals surface area contributed by atoms with Crippen molar-refractivity contribution in [1.82, 2.24) is 15.2 Å². The van der Waals surface area contributed by atoms with E-state index in [-0.39, 0.29) is 41.4 Å². The van der Waals surface area contributed by atoms with Gasteiger partial charge in [-0.25, -0.2) is 4.98 Å². The molecule has 0 spiro atoms. The third kappa shape index (κ3) is 6.68. The first-order valence-corrected chi connectivity index (χ1v) is 12.7. The molecule has 2 N–H and O–H groups in total. The summed E-state index contributed by atoms with van der Waals surface area (Å²) in [4.78, 5) is 55.3. The fraction of sp³-hybridized carbons (Fsp3) is 0.444. The van der Waals surface area contributed by atoms with E-state index in [9.17, 15) is 19.2 Å². The lowest BCUT2D eigenvalue weighted by Crippen LogP contribution is -2.66. The molecule has 11 heteroatoms. The fourth-order valence-corrected chi connectivity index (χ4v) is 4.83. The highest BCUT2D eigenvalue weighted by Crippen LogP contribution is 2.40. The van der Waals surface area contributed by atoms with Gasteiger partial charge in [0.1, 0.15) is 17.9 Å². The van der Waals surface area contributed by atoms with Crippen LogP contribution in [0.1, 0.15) is 55.1 Å². The molecule has 1 fully saturated rings. The van der Waals surface area contributed by atoms with Gasteiger partial charge >= 0.3 is 11.9 Å². The number of ether oxygens (including phenoxy) is 2. The molecule has 2 heterocycles. The predicted octanol–water partition coefficient (Wildman–Crippen LogP) is 2.90. The Bertz CT molecular complexity index is 1210. The summed E-state index contributed by atoms with van der Waals surface area (Å²) in [6, 6.07) is 9.16. The minimum Gasteiger partial charge on any atom is -0.462 e. The minimum atomic E-state index is -0.956. The Morgan fingerprint density at radius 3 is 2.42 bits per heavy atom. The number of likely N-dealkylation sites (tertiary alicyclic amines) is 1. The summed E-state index contributed by atoms with van der Waals surface area (Å²) in [6.45, 7) is 7.51. The number of esters is 2. The van der Waals surface area contributed by atoms with Gasteiger partial charge in [0.05, 0.1) is 22.9 Å². The van der Waals surface area contributed by atoms with Crippen molar-refractivity contribution in [1.29, 1.82) is 0 Å². The zero-order valence-electron chi connectivity index (χ0n) is 22.2. The molecule has 38 heavy (non-hydrogen) atoms. The third-order valence-corrected chi connectivity index (χ3v) is 6.58. The van der Waals surface area contributed by atoms with Crippen LogP contribution < -0.4 is 10.6 Å². The first-order chi connectivity index (χ1) is 18.0. The number of pyridine rings is 1. The highest BCUT2D eigenvalue weighted by Gasteiger charge is 2.52. The van der Waals surface area contributed by atoms with Crippen molar-refractivity contribution < 1.29 is 28.7 Å². The van der Waals surface area contributed by atoms with E-state index in [4.69, 9.17) is 21.1 Å². The van der Waals surface area contributed by atoms with E-state index < -0.39 is 29.4 Å². The summed E-state index contributed by atoms with van der Waals surface area (Å²) < 4.78 is 10.4. The van der Waals surface area contributed by atoms with E-state index in [1.165, 1.54) is 33.2 Å². The Balaban J connectivity index is 1.93. The number of amides is 2. The van der Waals surface area contributed by atoms with Gasteiger partial charge in [-0.05, 0) is 23.1 Å². The Kier molecular flexibility index (Phi) is 9.45. The quantitative estimate of drug-likeness (QED) is 0.345. The standard InChI is InChI=1S/C27H33ClN4O6/c1-16(2)20-8-6-7-9-22(20)27(14-32(15-27)12-19(38-18(4)34)13-37-17(3)33)26(36)31-23-11-30-24(28)10-21(23)25(35)29-5/h6-11,16,19H,12-15H2,1-5H3,(H,29,35)(H,31,36)/t19-/m1/s1. The van der Waals surface area contributed by atoms with Crippen LogP contribution in [0.25, 0.3) is 0 Å². The molecule has 1 aromatic carbocycles. The van der Waals surface area contributed by atoms with Gasteiger partial charge in [0.15, 0.2) is 0 Å². The fourth-order valence-electron chi connectivity index (χ4n) is 4.67. The number of benzene rings is 1. The Labute approximate surface area is 227 Å². The van der Waals surface area contributed by atoms with Crippen LogP contribution >= 0.6 is 11.6 Å². The number of nitrogens with one attached hydrogen (secondary N) is 2. The van der Waals surface area contributed by atoms with Crippen LogP contribution in [0.4, 0.5) is 5.69 Å². The summed E-state index contributed by atoms with van der Waals surface area (Å²) in [7, 11) is 1.49. The molecule has 1 atom stereocenters. The smallest absolute Gasteiger partial charge is 0.303 e. The van der Waals surface area contributed by atoms with Crippen LogP contribution in [-0.4, -0.2) is 73.0 Å². The van der Waals surface area contributed by atoms with Gasteiger partial charge in [0.2, 0.25) is 5.91 Å². The molecule has 10 nitrogen and oxygen atoms in total. The first kappa shape index (κ1) is 29.1. The SMILES string of the molecule is CNC(=O)c1cc(Cl)ncc1NC(=O)C1(c2ccccc2C(C)C)CN(C[C@H](COC(C)=O)OC(C)=O)C1. The van der Waals surface area contributed by atoms with E-state index in [0.29, 0.717) is 13.1 Å². The average molecular weight is 545 g/mol. The monoisotopic (exact) mass is 544 g/mol. The highest BCUT2D eigenvalue weighted by molar-refractivity contribution is 6.30. The van der Waals surface area contributed by atoms with E-state index in [1.54, 1.807) is 0 Å².